The van der Waals surface area contributed by atoms with Gasteiger partial charge >= 0.3 is 7.82 Å². The second-order valence-corrected chi connectivity index (χ2v) is 20.7. The number of fused-ring (bicyclic) bond motifs is 2. The highest BCUT2D eigenvalue weighted by Gasteiger charge is 2.86. The first-order chi connectivity index (χ1) is 28.7. The highest BCUT2D eigenvalue weighted by atomic mass is 31.2. The van der Waals surface area contributed by atoms with E-state index in [0.29, 0.717) is 75.5 Å². The summed E-state index contributed by atoms with van der Waals surface area (Å²) in [5.74, 6) is -2.69. The first-order valence-electron chi connectivity index (χ1n) is 22.1. The highest BCUT2D eigenvalue weighted by Crippen LogP contribution is 2.71. The van der Waals surface area contributed by atoms with Crippen molar-refractivity contribution >= 4 is 31.4 Å². The molecule has 1 aromatic carbocycles. The minimum Gasteiger partial charge on any atom is -0.482 e. The Bertz CT molecular complexity index is 2170. The van der Waals surface area contributed by atoms with Crippen molar-refractivity contribution < 1.29 is 52.2 Å². The van der Waals surface area contributed by atoms with Gasteiger partial charge in [0.15, 0.2) is 28.5 Å². The van der Waals surface area contributed by atoms with Gasteiger partial charge in [-0.3, -0.25) is 29.1 Å². The summed E-state index contributed by atoms with van der Waals surface area (Å²) >= 11 is 0. The number of hydrogen-bond acceptors (Lipinski definition) is 10. The third kappa shape index (κ3) is 7.38. The molecule has 14 heteroatoms. The molecule has 0 radical (unpaired) electrons. The number of phosphoric ester groups is 1. The van der Waals surface area contributed by atoms with Crippen LogP contribution in [-0.4, -0.2) is 105 Å². The summed E-state index contributed by atoms with van der Waals surface area (Å²) < 4.78 is 46.1. The summed E-state index contributed by atoms with van der Waals surface area (Å²) in [6.07, 6.45) is 14.5. The van der Waals surface area contributed by atoms with Gasteiger partial charge in [0, 0.05) is 61.6 Å². The van der Waals surface area contributed by atoms with E-state index in [0.717, 1.165) is 24.8 Å². The minimum atomic E-state index is -5.27. The van der Waals surface area contributed by atoms with E-state index in [1.165, 1.54) is 5.57 Å². The van der Waals surface area contributed by atoms with Crippen molar-refractivity contribution in [3.63, 3.8) is 0 Å². The Balaban J connectivity index is 1.38. The molecule has 7 unspecified atom stereocenters. The zero-order chi connectivity index (χ0) is 43.9. The van der Waals surface area contributed by atoms with Gasteiger partial charge < -0.3 is 28.4 Å². The molecule has 61 heavy (non-hydrogen) atoms. The number of benzene rings is 1. The largest absolute Gasteiger partial charge is 0.524 e. The second kappa shape index (κ2) is 15.9. The average Bonchev–Trinajstić information content (AvgIpc) is 3.34. The van der Waals surface area contributed by atoms with Crippen LogP contribution in [0.25, 0.3) is 6.08 Å². The maximum absolute atomic E-state index is 16.1. The number of carbonyl (C=O) groups excluding carboxylic acids is 3. The smallest absolute Gasteiger partial charge is 0.482 e. The van der Waals surface area contributed by atoms with Crippen molar-refractivity contribution in [2.45, 2.75) is 135 Å². The Morgan fingerprint density at radius 1 is 0.934 bits per heavy atom. The Kier molecular flexibility index (Phi) is 11.5. The minimum absolute atomic E-state index is 0.00434. The molecular weight excluding hydrogens is 799 g/mol. The molecule has 5 aliphatic heterocycles. The Morgan fingerprint density at radius 2 is 1.62 bits per heavy atom. The fourth-order valence-electron chi connectivity index (χ4n) is 11.6. The van der Waals surface area contributed by atoms with Crippen molar-refractivity contribution in [1.29, 1.82) is 0 Å². The van der Waals surface area contributed by atoms with E-state index < -0.39 is 59.8 Å². The number of piperidine rings is 1. The SMILES string of the molecule is CC(C)=CCCC1(C)C=Cc2c(c(CC=C(C)C)c3c(c2OP(=O)(O)O)C(=O)C2C(N4CCOCC4)C4CC5C(C)(C)OC(CC=C(C)C(=O)N6CCCCC6)(C4=O)C25O3)O1. The number of hydrogen-bond donors (Lipinski definition) is 2. The van der Waals surface area contributed by atoms with Crippen molar-refractivity contribution in [2.75, 3.05) is 39.4 Å². The quantitative estimate of drug-likeness (QED) is 0.130. The first-order valence-corrected chi connectivity index (χ1v) is 23.6. The number of carbonyl (C=O) groups is 3. The molecule has 1 amide bonds. The molecule has 3 saturated heterocycles. The fourth-order valence-corrected chi connectivity index (χ4v) is 12.1. The van der Waals surface area contributed by atoms with Crippen molar-refractivity contribution in [3.8, 4) is 17.2 Å². The van der Waals surface area contributed by atoms with Crippen molar-refractivity contribution in [1.82, 2.24) is 9.80 Å². The summed E-state index contributed by atoms with van der Waals surface area (Å²) in [6, 6.07) is -0.621. The maximum Gasteiger partial charge on any atom is 0.524 e. The van der Waals surface area contributed by atoms with Gasteiger partial charge in [0.1, 0.15) is 22.7 Å². The molecule has 2 N–H and O–H groups in total. The van der Waals surface area contributed by atoms with Gasteiger partial charge in [-0.1, -0.05) is 29.4 Å². The Morgan fingerprint density at radius 3 is 2.28 bits per heavy atom. The molecule has 6 fully saturated rings. The van der Waals surface area contributed by atoms with E-state index in [1.807, 2.05) is 65.5 Å². The predicted molar refractivity (Wildman–Crippen MR) is 230 cm³/mol. The van der Waals surface area contributed by atoms with E-state index in [2.05, 4.69) is 11.0 Å². The van der Waals surface area contributed by atoms with Crippen LogP contribution >= 0.6 is 7.82 Å². The lowest BCUT2D eigenvalue weighted by molar-refractivity contribution is -0.215. The zero-order valence-electron chi connectivity index (χ0n) is 37.0. The van der Waals surface area contributed by atoms with Crippen LogP contribution in [0.5, 0.6) is 17.2 Å². The topological polar surface area (TPSA) is 161 Å². The summed E-state index contributed by atoms with van der Waals surface area (Å²) in [5.41, 5.74) is -1.68. The molecule has 8 aliphatic rings. The summed E-state index contributed by atoms with van der Waals surface area (Å²) in [7, 11) is -5.27. The van der Waals surface area contributed by atoms with Crippen molar-refractivity contribution in [2.24, 2.45) is 17.8 Å². The Hall–Kier alpha value is -3.58. The van der Waals surface area contributed by atoms with Crippen LogP contribution in [0.4, 0.5) is 0 Å². The number of ether oxygens (including phenoxy) is 4. The lowest BCUT2D eigenvalue weighted by Gasteiger charge is -2.64. The van der Waals surface area contributed by atoms with Crippen LogP contribution in [-0.2, 0) is 30.0 Å². The summed E-state index contributed by atoms with van der Waals surface area (Å²) in [5, 5.41) is 0. The normalized spacial score (nSPS) is 32.6. The molecule has 3 saturated carbocycles. The van der Waals surface area contributed by atoms with E-state index in [-0.39, 0.29) is 47.2 Å². The number of morpholine rings is 1. The zero-order valence-corrected chi connectivity index (χ0v) is 37.9. The fraction of sp³-hybridized carbons (Fsp3) is 0.638. The molecule has 5 heterocycles. The van der Waals surface area contributed by atoms with Crippen LogP contribution in [0.2, 0.25) is 0 Å². The summed E-state index contributed by atoms with van der Waals surface area (Å²) in [4.78, 5) is 70.6. The highest BCUT2D eigenvalue weighted by molar-refractivity contribution is 7.46. The molecule has 332 valence electrons. The number of likely N-dealkylation sites (tertiary alicyclic amines) is 1. The van der Waals surface area contributed by atoms with E-state index in [4.69, 9.17) is 23.5 Å². The number of ketones is 2. The predicted octanol–water partition coefficient (Wildman–Crippen LogP) is 7.32. The van der Waals surface area contributed by atoms with Gasteiger partial charge in [-0.2, -0.15) is 0 Å². The number of amides is 1. The molecule has 1 spiro atoms. The van der Waals surface area contributed by atoms with Crippen LogP contribution in [0.1, 0.15) is 122 Å². The van der Waals surface area contributed by atoms with Gasteiger partial charge in [0.25, 0.3) is 0 Å². The van der Waals surface area contributed by atoms with Crippen LogP contribution < -0.4 is 14.0 Å². The average molecular weight is 863 g/mol. The third-order valence-electron chi connectivity index (χ3n) is 14.4. The molecule has 9 rings (SSSR count). The van der Waals surface area contributed by atoms with Gasteiger partial charge in [0.2, 0.25) is 5.91 Å². The number of nitrogens with zero attached hydrogens (tertiary/aromatic N) is 2. The summed E-state index contributed by atoms with van der Waals surface area (Å²) in [6.45, 7) is 18.8. The van der Waals surface area contributed by atoms with Crippen molar-refractivity contribution in [3.05, 3.63) is 57.7 Å². The monoisotopic (exact) mass is 862 g/mol. The van der Waals surface area contributed by atoms with E-state index in [1.54, 1.807) is 19.1 Å². The van der Waals surface area contributed by atoms with Crippen LogP contribution in [0.15, 0.2) is 41.0 Å². The molecular formula is C47H63N2O11P. The molecule has 13 nitrogen and oxygen atoms in total. The van der Waals surface area contributed by atoms with Gasteiger partial charge in [-0.25, -0.2) is 4.57 Å². The van der Waals surface area contributed by atoms with Gasteiger partial charge in [-0.05, 0) is 112 Å². The number of rotatable bonds is 11. The van der Waals surface area contributed by atoms with Gasteiger partial charge in [0.05, 0.1) is 30.3 Å². The molecule has 1 aromatic rings. The standard InChI is InChI=1S/C47H63N2O11P/c1-28(2)13-12-18-45(8)19-17-32-39(57-45)31(15-14-29(3)4)40-35(41(32)59-61(53,54)55)38(50)36-37(48-23-25-56-26-24-48)33-27-34-44(6,7)60-46(42(33)51,47(34,36)58-40)20-16-30(5)43(52)49-21-10-9-11-22-49/h13-14,16-17,19,33-34,36-37H,9-12,15,18,20-27H2,1-8H3,(H2,53,54,55). The molecule has 0 aromatic heterocycles. The third-order valence-corrected chi connectivity index (χ3v) is 14.8. The second-order valence-electron chi connectivity index (χ2n) is 19.5. The molecule has 7 atom stereocenters. The number of allylic oxidation sites excluding steroid dienone is 4. The number of Topliss-reactive ketones (excluding diaryl/α,β-unsaturated/α-hetero) is 2. The lowest BCUT2D eigenvalue weighted by Crippen LogP contribution is -2.82. The lowest BCUT2D eigenvalue weighted by atomic mass is 9.44. The van der Waals surface area contributed by atoms with Crippen LogP contribution in [0, 0.1) is 17.8 Å². The van der Waals surface area contributed by atoms with E-state index >= 15 is 9.59 Å². The number of phosphoric acid groups is 1. The van der Waals surface area contributed by atoms with E-state index in [9.17, 15) is 19.1 Å². The van der Waals surface area contributed by atoms with Gasteiger partial charge in [-0.15, -0.1) is 0 Å². The Labute approximate surface area is 359 Å². The molecule has 4 bridgehead atoms. The molecule has 3 aliphatic carbocycles. The first kappa shape index (κ1) is 44.0. The van der Waals surface area contributed by atoms with Crippen LogP contribution in [0.3, 0.4) is 0 Å². The maximum atomic E-state index is 16.1.